The fraction of sp³-hybridized carbons (Fsp3) is 0.625. The first-order valence-corrected chi connectivity index (χ1v) is 8.23. The van der Waals surface area contributed by atoms with Gasteiger partial charge in [0.15, 0.2) is 0 Å². The van der Waals surface area contributed by atoms with E-state index >= 15 is 0 Å². The quantitative estimate of drug-likeness (QED) is 0.569. The van der Waals surface area contributed by atoms with Crippen molar-refractivity contribution in [2.45, 2.75) is 0 Å². The van der Waals surface area contributed by atoms with E-state index in [-0.39, 0.29) is 6.54 Å². The molecule has 17 heavy (non-hydrogen) atoms. The molecule has 9 heteroatoms. The van der Waals surface area contributed by atoms with Crippen LogP contribution in [0.4, 0.5) is 0 Å². The molecule has 100 valence electrons. The first-order valence-electron chi connectivity index (χ1n) is 4.57. The van der Waals surface area contributed by atoms with Crippen LogP contribution >= 0.6 is 0 Å². The zero-order valence-electron chi connectivity index (χ0n) is 9.37. The molecule has 0 aliphatic carbocycles. The molecule has 0 aliphatic heterocycles. The maximum Gasteiger partial charge on any atom is 0.318 e. The summed E-state index contributed by atoms with van der Waals surface area (Å²) in [5.74, 6) is -2.48. The second-order valence-electron chi connectivity index (χ2n) is 3.42. The average Bonchev–Trinajstić information content (AvgIpc) is 2.13. The van der Waals surface area contributed by atoms with Crippen LogP contribution in [-0.4, -0.2) is 63.1 Å². The molecule has 0 aromatic heterocycles. The molecule has 0 aromatic carbocycles. The fourth-order valence-electron chi connectivity index (χ4n) is 0.957. The number of carbonyl (C=O) groups is 1. The fourth-order valence-corrected chi connectivity index (χ4v) is 3.91. The predicted molar refractivity (Wildman–Crippen MR) is 62.9 cm³/mol. The van der Waals surface area contributed by atoms with Crippen molar-refractivity contribution < 1.29 is 26.7 Å². The Balaban J connectivity index is 4.83. The van der Waals surface area contributed by atoms with Crippen molar-refractivity contribution in [1.29, 1.82) is 0 Å². The van der Waals surface area contributed by atoms with Gasteiger partial charge in [-0.2, -0.15) is 4.31 Å². The van der Waals surface area contributed by atoms with E-state index in [0.717, 1.165) is 6.26 Å². The minimum absolute atomic E-state index is 0.168. The number of carboxylic acid groups (broad SMARTS) is 1. The molecule has 7 nitrogen and oxygen atoms in total. The minimum Gasteiger partial charge on any atom is -0.480 e. The molecule has 0 saturated carbocycles. The number of hydrogen-bond acceptors (Lipinski definition) is 5. The Morgan fingerprint density at radius 3 is 2.18 bits per heavy atom. The van der Waals surface area contributed by atoms with Crippen LogP contribution in [0.15, 0.2) is 12.7 Å². The van der Waals surface area contributed by atoms with Gasteiger partial charge in [0.05, 0.1) is 11.5 Å². The average molecular weight is 285 g/mol. The Bertz CT molecular complexity index is 478. The highest BCUT2D eigenvalue weighted by atomic mass is 32.2. The van der Waals surface area contributed by atoms with Gasteiger partial charge in [-0.05, 0) is 0 Å². The lowest BCUT2D eigenvalue weighted by Crippen LogP contribution is -2.38. The van der Waals surface area contributed by atoms with Crippen molar-refractivity contribution in [2.75, 3.05) is 30.9 Å². The number of hydrogen-bond donors (Lipinski definition) is 1. The van der Waals surface area contributed by atoms with Crippen LogP contribution in [0.2, 0.25) is 0 Å². The van der Waals surface area contributed by atoms with Gasteiger partial charge in [-0.1, -0.05) is 6.08 Å². The molecule has 0 spiro atoms. The van der Waals surface area contributed by atoms with E-state index in [9.17, 15) is 21.6 Å². The van der Waals surface area contributed by atoms with Crippen molar-refractivity contribution in [3.8, 4) is 0 Å². The van der Waals surface area contributed by atoms with Gasteiger partial charge in [0.2, 0.25) is 10.0 Å². The van der Waals surface area contributed by atoms with Gasteiger partial charge in [0, 0.05) is 12.8 Å². The Morgan fingerprint density at radius 2 is 1.82 bits per heavy atom. The molecule has 0 heterocycles. The summed E-state index contributed by atoms with van der Waals surface area (Å²) in [6.45, 7) is 2.43. The van der Waals surface area contributed by atoms with E-state index < -0.39 is 43.9 Å². The van der Waals surface area contributed by atoms with Gasteiger partial charge in [0.1, 0.15) is 16.4 Å². The smallest absolute Gasteiger partial charge is 0.318 e. The highest BCUT2D eigenvalue weighted by Crippen LogP contribution is 2.03. The van der Waals surface area contributed by atoms with Gasteiger partial charge in [-0.15, -0.1) is 6.58 Å². The molecule has 0 aromatic rings. The largest absolute Gasteiger partial charge is 0.480 e. The lowest BCUT2D eigenvalue weighted by molar-refractivity contribution is -0.137. The van der Waals surface area contributed by atoms with E-state index in [1.54, 1.807) is 0 Å². The van der Waals surface area contributed by atoms with Crippen LogP contribution in [-0.2, 0) is 24.7 Å². The van der Waals surface area contributed by atoms with Crippen molar-refractivity contribution in [1.82, 2.24) is 4.31 Å². The van der Waals surface area contributed by atoms with E-state index in [2.05, 4.69) is 6.58 Å². The maximum absolute atomic E-state index is 11.7. The van der Waals surface area contributed by atoms with E-state index in [0.29, 0.717) is 4.31 Å². The summed E-state index contributed by atoms with van der Waals surface area (Å²) < 4.78 is 45.7. The van der Waals surface area contributed by atoms with Crippen molar-refractivity contribution >= 4 is 25.8 Å². The van der Waals surface area contributed by atoms with Crippen molar-refractivity contribution in [3.05, 3.63) is 12.7 Å². The Hall–Kier alpha value is -0.930. The topological polar surface area (TPSA) is 109 Å². The van der Waals surface area contributed by atoms with Crippen LogP contribution < -0.4 is 0 Å². The number of sulfone groups is 1. The second-order valence-corrected chi connectivity index (χ2v) is 7.77. The predicted octanol–water partition coefficient (Wildman–Crippen LogP) is -1.07. The SMILES string of the molecule is C=CCN(CC(=O)O)S(=O)(=O)CCS(C)(=O)=O. The van der Waals surface area contributed by atoms with Crippen LogP contribution in [0, 0.1) is 0 Å². The summed E-state index contributed by atoms with van der Waals surface area (Å²) in [5.41, 5.74) is 0. The zero-order chi connectivity index (χ0) is 13.7. The van der Waals surface area contributed by atoms with E-state index in [4.69, 9.17) is 5.11 Å². The summed E-state index contributed by atoms with van der Waals surface area (Å²) in [4.78, 5) is 10.5. The maximum atomic E-state index is 11.7. The number of carboxylic acids is 1. The molecular weight excluding hydrogens is 270 g/mol. The van der Waals surface area contributed by atoms with Crippen LogP contribution in [0.25, 0.3) is 0 Å². The monoisotopic (exact) mass is 285 g/mol. The second kappa shape index (κ2) is 6.12. The molecule has 0 rings (SSSR count). The number of rotatable bonds is 8. The normalized spacial score (nSPS) is 12.6. The van der Waals surface area contributed by atoms with Crippen LogP contribution in [0.3, 0.4) is 0 Å². The molecule has 0 fully saturated rings. The molecular formula is C8H15NO6S2. The summed E-state index contributed by atoms with van der Waals surface area (Å²) >= 11 is 0. The Morgan fingerprint density at radius 1 is 1.29 bits per heavy atom. The molecule has 0 aliphatic rings. The standard InChI is InChI=1S/C8H15NO6S2/c1-3-4-9(7-8(10)11)17(14,15)6-5-16(2,12)13/h3H,1,4-7H2,2H3,(H,10,11). The zero-order valence-corrected chi connectivity index (χ0v) is 11.0. The summed E-state index contributed by atoms with van der Waals surface area (Å²) in [6, 6.07) is 0. The van der Waals surface area contributed by atoms with Gasteiger partial charge in [-0.25, -0.2) is 16.8 Å². The van der Waals surface area contributed by atoms with Crippen LogP contribution in [0.5, 0.6) is 0 Å². The minimum atomic E-state index is -3.91. The lowest BCUT2D eigenvalue weighted by atomic mass is 10.6. The number of sulfonamides is 1. The summed E-state index contributed by atoms with van der Waals surface area (Å²) in [7, 11) is -7.32. The van der Waals surface area contributed by atoms with Gasteiger partial charge in [-0.3, -0.25) is 4.79 Å². The third-order valence-corrected chi connectivity index (χ3v) is 4.74. The van der Waals surface area contributed by atoms with Gasteiger partial charge in [0.25, 0.3) is 0 Å². The van der Waals surface area contributed by atoms with Gasteiger partial charge < -0.3 is 5.11 Å². The van der Waals surface area contributed by atoms with Crippen molar-refractivity contribution in [2.24, 2.45) is 0 Å². The van der Waals surface area contributed by atoms with Crippen molar-refractivity contribution in [3.63, 3.8) is 0 Å². The highest BCUT2D eigenvalue weighted by Gasteiger charge is 2.24. The van der Waals surface area contributed by atoms with E-state index in [1.807, 2.05) is 0 Å². The van der Waals surface area contributed by atoms with Gasteiger partial charge >= 0.3 is 5.97 Å². The molecule has 0 radical (unpaired) electrons. The third-order valence-electron chi connectivity index (χ3n) is 1.75. The number of aliphatic carboxylic acids is 1. The number of nitrogens with zero attached hydrogens (tertiary/aromatic N) is 1. The van der Waals surface area contributed by atoms with Crippen LogP contribution in [0.1, 0.15) is 0 Å². The first kappa shape index (κ1) is 16.1. The first-order chi connectivity index (χ1) is 7.58. The summed E-state index contributed by atoms with van der Waals surface area (Å²) in [6.07, 6.45) is 2.15. The Labute approximate surface area is 101 Å². The summed E-state index contributed by atoms with van der Waals surface area (Å²) in [5, 5.41) is 8.54. The lowest BCUT2D eigenvalue weighted by Gasteiger charge is -2.18. The van der Waals surface area contributed by atoms with E-state index in [1.165, 1.54) is 6.08 Å². The molecule has 0 bridgehead atoms. The Kier molecular flexibility index (Phi) is 5.79. The molecule has 0 atom stereocenters. The highest BCUT2D eigenvalue weighted by molar-refractivity contribution is 7.93. The molecule has 0 amide bonds. The molecule has 0 saturated heterocycles. The molecule has 0 unspecified atom stereocenters. The third kappa shape index (κ3) is 7.08. The molecule has 1 N–H and O–H groups in total.